The summed E-state index contributed by atoms with van der Waals surface area (Å²) in [5.41, 5.74) is 0. The monoisotopic (exact) mass is 123 g/mol. The van der Waals surface area contributed by atoms with Gasteiger partial charge in [-0.05, 0) is 0 Å². The molecule has 0 amide bonds. The van der Waals surface area contributed by atoms with E-state index in [2.05, 4.69) is 22.9 Å². The van der Waals surface area contributed by atoms with Crippen LogP contribution < -0.4 is 0 Å². The Kier molecular flexibility index (Phi) is 3.98. The van der Waals surface area contributed by atoms with E-state index in [1.165, 1.54) is 11.7 Å². The first-order chi connectivity index (χ1) is 1.91. The predicted molar refractivity (Wildman–Crippen MR) is 20.9 cm³/mol. The van der Waals surface area contributed by atoms with Crippen LogP contribution in [0.5, 0.6) is 0 Å². The molecule has 0 heterocycles. The zero-order valence-electron chi connectivity index (χ0n) is 2.82. The van der Waals surface area contributed by atoms with Crippen molar-refractivity contribution in [2.45, 2.75) is 18.7 Å². The van der Waals surface area contributed by atoms with Crippen molar-refractivity contribution in [2.24, 2.45) is 0 Å². The Morgan fingerprint density at radius 2 is 2.00 bits per heavy atom. The van der Waals surface area contributed by atoms with E-state index in [1.807, 2.05) is 0 Å². The number of rotatable bonds is 1. The van der Waals surface area contributed by atoms with Gasteiger partial charge in [-0.25, -0.2) is 0 Å². The van der Waals surface area contributed by atoms with E-state index in [0.717, 1.165) is 0 Å². The Morgan fingerprint density at radius 3 is 2.00 bits per heavy atom. The van der Waals surface area contributed by atoms with E-state index in [-0.39, 0.29) is 0 Å². The summed E-state index contributed by atoms with van der Waals surface area (Å²) < 4.78 is 0. The maximum absolute atomic E-state index is 2.89. The standard InChI is InChI=1S/C3H7Se/c1-2-3-4/h2-3H2,1H3. The summed E-state index contributed by atoms with van der Waals surface area (Å²) in [6.45, 7) is 2.15. The molecule has 0 aliphatic heterocycles. The molecule has 1 heteroatoms. The Morgan fingerprint density at radius 1 is 1.75 bits per heavy atom. The number of hydrogen-bond donors (Lipinski definition) is 0. The summed E-state index contributed by atoms with van der Waals surface area (Å²) in [7, 11) is 0. The third-order valence-corrected chi connectivity index (χ3v) is 1.06. The second-order valence-corrected chi connectivity index (χ2v) is 1.56. The predicted octanol–water partition coefficient (Wildman–Crippen LogP) is 0.983. The molecule has 1 radical (unpaired) electrons. The van der Waals surface area contributed by atoms with E-state index >= 15 is 0 Å². The van der Waals surface area contributed by atoms with Crippen molar-refractivity contribution >= 4 is 16.0 Å². The van der Waals surface area contributed by atoms with Crippen molar-refractivity contribution in [2.75, 3.05) is 0 Å². The average molecular weight is 122 g/mol. The molecule has 0 nitrogen and oxygen atoms in total. The summed E-state index contributed by atoms with van der Waals surface area (Å²) >= 11 is 2.89. The van der Waals surface area contributed by atoms with Crippen LogP contribution in [0.25, 0.3) is 0 Å². The molecule has 0 spiro atoms. The molecule has 0 aromatic heterocycles. The first-order valence-corrected chi connectivity index (χ1v) is 2.71. The third-order valence-electron chi connectivity index (χ3n) is 0.204. The van der Waals surface area contributed by atoms with Gasteiger partial charge in [0.25, 0.3) is 0 Å². The summed E-state index contributed by atoms with van der Waals surface area (Å²) in [5.74, 6) is 0. The van der Waals surface area contributed by atoms with E-state index in [9.17, 15) is 0 Å². The van der Waals surface area contributed by atoms with Crippen molar-refractivity contribution in [3.63, 3.8) is 0 Å². The fourth-order valence-corrected chi connectivity index (χ4v) is 0. The van der Waals surface area contributed by atoms with Crippen LogP contribution in [0.15, 0.2) is 0 Å². The Bertz CT molecular complexity index is 5.25. The molecule has 25 valence electrons. The van der Waals surface area contributed by atoms with Gasteiger partial charge in [0.2, 0.25) is 0 Å². The van der Waals surface area contributed by atoms with Crippen LogP contribution in [0, 0.1) is 0 Å². The number of hydrogen-bond acceptors (Lipinski definition) is 0. The summed E-state index contributed by atoms with van der Waals surface area (Å²) in [6, 6.07) is 0. The average Bonchev–Trinajstić information content (AvgIpc) is 1.37. The fraction of sp³-hybridized carbons (Fsp3) is 1.00. The first kappa shape index (κ1) is 4.52. The van der Waals surface area contributed by atoms with Gasteiger partial charge in [-0.1, -0.05) is 0 Å². The minimum absolute atomic E-state index is 1.19. The van der Waals surface area contributed by atoms with Crippen molar-refractivity contribution in [1.29, 1.82) is 0 Å². The van der Waals surface area contributed by atoms with Gasteiger partial charge in [-0.3, -0.25) is 0 Å². The molecule has 0 rings (SSSR count). The van der Waals surface area contributed by atoms with Crippen molar-refractivity contribution in [3.05, 3.63) is 0 Å². The SMILES string of the molecule is CCC[Se]. The van der Waals surface area contributed by atoms with Crippen LogP contribution in [-0.4, -0.2) is 16.0 Å². The molecule has 4 heavy (non-hydrogen) atoms. The molecule has 0 aliphatic carbocycles. The van der Waals surface area contributed by atoms with E-state index in [1.54, 1.807) is 0 Å². The van der Waals surface area contributed by atoms with Gasteiger partial charge in [0, 0.05) is 0 Å². The fourth-order valence-electron chi connectivity index (χ4n) is 0. The molecular weight excluding hydrogens is 115 g/mol. The second kappa shape index (κ2) is 3.52. The molecule has 0 unspecified atom stereocenters. The van der Waals surface area contributed by atoms with Crippen LogP contribution in [0.3, 0.4) is 0 Å². The molecule has 0 atom stereocenters. The molecule has 0 saturated heterocycles. The molecule has 0 saturated carbocycles. The van der Waals surface area contributed by atoms with Crippen molar-refractivity contribution in [1.82, 2.24) is 0 Å². The molecule has 0 aromatic carbocycles. The first-order valence-electron chi connectivity index (χ1n) is 1.50. The molecule has 0 aliphatic rings. The summed E-state index contributed by atoms with van der Waals surface area (Å²) in [5, 5.41) is 1.19. The van der Waals surface area contributed by atoms with Crippen LogP contribution in [0.1, 0.15) is 13.3 Å². The Labute approximate surface area is 35.4 Å². The Hall–Kier alpha value is 0.519. The second-order valence-electron chi connectivity index (χ2n) is 0.704. The topological polar surface area (TPSA) is 0 Å². The van der Waals surface area contributed by atoms with Crippen LogP contribution in [0.4, 0.5) is 0 Å². The third kappa shape index (κ3) is 2.52. The van der Waals surface area contributed by atoms with Crippen molar-refractivity contribution < 1.29 is 0 Å². The molecule has 0 N–H and O–H groups in total. The van der Waals surface area contributed by atoms with E-state index in [0.29, 0.717) is 0 Å². The van der Waals surface area contributed by atoms with Gasteiger partial charge in [-0.15, -0.1) is 0 Å². The van der Waals surface area contributed by atoms with E-state index in [4.69, 9.17) is 0 Å². The van der Waals surface area contributed by atoms with Gasteiger partial charge in [0.15, 0.2) is 0 Å². The zero-order valence-corrected chi connectivity index (χ0v) is 4.54. The van der Waals surface area contributed by atoms with Crippen molar-refractivity contribution in [3.8, 4) is 0 Å². The molecule has 0 bridgehead atoms. The van der Waals surface area contributed by atoms with Crippen LogP contribution in [0.2, 0.25) is 5.32 Å². The quantitative estimate of drug-likeness (QED) is 0.455. The maximum atomic E-state index is 2.89. The van der Waals surface area contributed by atoms with Crippen LogP contribution in [-0.2, 0) is 0 Å². The normalized spacial score (nSPS) is 7.50. The molecule has 0 fully saturated rings. The summed E-state index contributed by atoms with van der Waals surface area (Å²) in [6.07, 6.45) is 1.26. The van der Waals surface area contributed by atoms with Gasteiger partial charge in [-0.2, -0.15) is 0 Å². The molecule has 0 aromatic rings. The summed E-state index contributed by atoms with van der Waals surface area (Å²) in [4.78, 5) is 0. The van der Waals surface area contributed by atoms with Gasteiger partial charge in [0.1, 0.15) is 0 Å². The van der Waals surface area contributed by atoms with Gasteiger partial charge in [0.05, 0.1) is 0 Å². The molecular formula is C3H7Se. The zero-order chi connectivity index (χ0) is 3.41. The van der Waals surface area contributed by atoms with E-state index < -0.39 is 0 Å². The van der Waals surface area contributed by atoms with Crippen LogP contribution >= 0.6 is 0 Å². The Balaban J connectivity index is 1.97. The minimum atomic E-state index is 1.19. The van der Waals surface area contributed by atoms with Gasteiger partial charge >= 0.3 is 34.7 Å². The van der Waals surface area contributed by atoms with Gasteiger partial charge < -0.3 is 0 Å².